The summed E-state index contributed by atoms with van der Waals surface area (Å²) in [6.45, 7) is 0. The number of nitrogens with two attached hydrogens (primary N) is 1. The molecule has 118 valence electrons. The number of hydrogen-bond acceptors (Lipinski definition) is 3. The van der Waals surface area contributed by atoms with Gasteiger partial charge in [0, 0.05) is 10.9 Å². The lowest BCUT2D eigenvalue weighted by molar-refractivity contribution is -0.274. The number of nitrogens with zero attached hydrogens (tertiary/aromatic N) is 1. The fraction of sp³-hybridized carbons (Fsp3) is 0.0625. The first-order valence-electron chi connectivity index (χ1n) is 6.54. The van der Waals surface area contributed by atoms with E-state index in [0.29, 0.717) is 22.2 Å². The third-order valence-electron chi connectivity index (χ3n) is 3.19. The van der Waals surface area contributed by atoms with Crippen molar-refractivity contribution < 1.29 is 22.3 Å². The Balaban J connectivity index is 2.04. The van der Waals surface area contributed by atoms with Gasteiger partial charge in [-0.15, -0.1) is 13.2 Å². The van der Waals surface area contributed by atoms with Crippen LogP contribution in [0.5, 0.6) is 5.75 Å². The van der Waals surface area contributed by atoms with Crippen molar-refractivity contribution in [1.82, 2.24) is 4.98 Å². The predicted molar refractivity (Wildman–Crippen MR) is 78.2 cm³/mol. The van der Waals surface area contributed by atoms with Gasteiger partial charge in [0.1, 0.15) is 5.82 Å². The maximum absolute atomic E-state index is 13.2. The van der Waals surface area contributed by atoms with Gasteiger partial charge in [0.05, 0.1) is 16.9 Å². The summed E-state index contributed by atoms with van der Waals surface area (Å²) in [6.07, 6.45) is -4.83. The number of rotatable bonds is 2. The van der Waals surface area contributed by atoms with Gasteiger partial charge in [-0.05, 0) is 36.4 Å². The third kappa shape index (κ3) is 3.33. The zero-order chi connectivity index (χ0) is 16.6. The van der Waals surface area contributed by atoms with Gasteiger partial charge in [0.15, 0.2) is 5.75 Å². The van der Waals surface area contributed by atoms with Crippen LogP contribution in [-0.4, -0.2) is 11.3 Å². The van der Waals surface area contributed by atoms with Gasteiger partial charge in [-0.25, -0.2) is 9.37 Å². The van der Waals surface area contributed by atoms with Crippen LogP contribution in [0, 0.1) is 5.82 Å². The summed E-state index contributed by atoms with van der Waals surface area (Å²) in [7, 11) is 0. The monoisotopic (exact) mass is 322 g/mol. The number of alkyl halides is 3. The summed E-state index contributed by atoms with van der Waals surface area (Å²) < 4.78 is 54.2. The molecule has 0 aliphatic rings. The van der Waals surface area contributed by atoms with E-state index in [0.717, 1.165) is 0 Å². The highest BCUT2D eigenvalue weighted by molar-refractivity contribution is 5.82. The standard InChI is InChI=1S/C16H10F4N2O/c17-11-3-6-14-9(7-11)2-5-13(22-14)10-1-4-12(21)15(8-10)23-16(18,19)20/h1-8H,21H2. The first-order chi connectivity index (χ1) is 10.8. The van der Waals surface area contributed by atoms with Crippen LogP contribution in [-0.2, 0) is 0 Å². The lowest BCUT2D eigenvalue weighted by Gasteiger charge is -2.12. The minimum Gasteiger partial charge on any atom is -0.404 e. The zero-order valence-corrected chi connectivity index (χ0v) is 11.6. The van der Waals surface area contributed by atoms with Crippen LogP contribution in [0.25, 0.3) is 22.2 Å². The van der Waals surface area contributed by atoms with Gasteiger partial charge in [0.25, 0.3) is 0 Å². The number of ether oxygens (including phenoxy) is 1. The van der Waals surface area contributed by atoms with Gasteiger partial charge in [-0.3, -0.25) is 0 Å². The molecule has 0 aliphatic carbocycles. The molecule has 2 N–H and O–H groups in total. The number of fused-ring (bicyclic) bond motifs is 1. The Morgan fingerprint density at radius 3 is 2.48 bits per heavy atom. The molecule has 0 aliphatic heterocycles. The van der Waals surface area contributed by atoms with Crippen molar-refractivity contribution in [3.05, 3.63) is 54.3 Å². The molecular formula is C16H10F4N2O. The third-order valence-corrected chi connectivity index (χ3v) is 3.19. The molecule has 0 fully saturated rings. The SMILES string of the molecule is Nc1ccc(-c2ccc3cc(F)ccc3n2)cc1OC(F)(F)F. The van der Waals surface area contributed by atoms with Gasteiger partial charge in [-0.1, -0.05) is 12.1 Å². The van der Waals surface area contributed by atoms with Crippen molar-refractivity contribution in [2.24, 2.45) is 0 Å². The van der Waals surface area contributed by atoms with Crippen LogP contribution < -0.4 is 10.5 Å². The van der Waals surface area contributed by atoms with Crippen molar-refractivity contribution in [1.29, 1.82) is 0 Å². The number of aromatic nitrogens is 1. The number of pyridine rings is 1. The summed E-state index contributed by atoms with van der Waals surface area (Å²) in [5, 5.41) is 0.593. The average Bonchev–Trinajstić information content (AvgIpc) is 2.47. The Kier molecular flexibility index (Phi) is 3.55. The molecule has 3 rings (SSSR count). The molecule has 3 aromatic rings. The smallest absolute Gasteiger partial charge is 0.404 e. The first-order valence-corrected chi connectivity index (χ1v) is 6.54. The number of nitrogen functional groups attached to an aromatic ring is 1. The second kappa shape index (κ2) is 5.42. The number of benzene rings is 2. The van der Waals surface area contributed by atoms with Crippen molar-refractivity contribution in [2.45, 2.75) is 6.36 Å². The van der Waals surface area contributed by atoms with E-state index in [1.54, 1.807) is 12.1 Å². The van der Waals surface area contributed by atoms with E-state index < -0.39 is 12.1 Å². The van der Waals surface area contributed by atoms with E-state index >= 15 is 0 Å². The summed E-state index contributed by atoms with van der Waals surface area (Å²) in [5.41, 5.74) is 6.73. The lowest BCUT2D eigenvalue weighted by atomic mass is 10.1. The molecular weight excluding hydrogens is 312 g/mol. The molecule has 0 atom stereocenters. The summed E-state index contributed by atoms with van der Waals surface area (Å²) in [4.78, 5) is 4.31. The maximum Gasteiger partial charge on any atom is 0.573 e. The molecule has 0 spiro atoms. The first kappa shape index (κ1) is 15.1. The van der Waals surface area contributed by atoms with Crippen molar-refractivity contribution in [3.8, 4) is 17.0 Å². The van der Waals surface area contributed by atoms with Crippen molar-refractivity contribution in [3.63, 3.8) is 0 Å². The average molecular weight is 322 g/mol. The quantitative estimate of drug-likeness (QED) is 0.557. The normalized spacial score (nSPS) is 11.7. The van der Waals surface area contributed by atoms with Crippen LogP contribution in [0.15, 0.2) is 48.5 Å². The van der Waals surface area contributed by atoms with E-state index in [4.69, 9.17) is 5.73 Å². The van der Waals surface area contributed by atoms with Crippen LogP contribution in [0.1, 0.15) is 0 Å². The van der Waals surface area contributed by atoms with E-state index in [9.17, 15) is 17.6 Å². The van der Waals surface area contributed by atoms with Gasteiger partial charge >= 0.3 is 6.36 Å². The summed E-state index contributed by atoms with van der Waals surface area (Å²) in [6, 6.07) is 11.3. The second-order valence-corrected chi connectivity index (χ2v) is 4.83. The predicted octanol–water partition coefficient (Wildman–Crippen LogP) is 4.52. The van der Waals surface area contributed by atoms with Gasteiger partial charge < -0.3 is 10.5 Å². The van der Waals surface area contributed by atoms with E-state index in [1.165, 1.54) is 36.4 Å². The number of anilines is 1. The van der Waals surface area contributed by atoms with Crippen LogP contribution in [0.3, 0.4) is 0 Å². The Bertz CT molecular complexity index is 878. The molecule has 0 unspecified atom stereocenters. The fourth-order valence-corrected chi connectivity index (χ4v) is 2.16. The lowest BCUT2D eigenvalue weighted by Crippen LogP contribution is -2.18. The van der Waals surface area contributed by atoms with Crippen LogP contribution in [0.4, 0.5) is 23.2 Å². The van der Waals surface area contributed by atoms with E-state index in [1.807, 2.05) is 0 Å². The molecule has 0 saturated heterocycles. The van der Waals surface area contributed by atoms with Crippen LogP contribution in [0.2, 0.25) is 0 Å². The highest BCUT2D eigenvalue weighted by Crippen LogP contribution is 2.32. The molecule has 0 radical (unpaired) electrons. The molecule has 1 heterocycles. The van der Waals surface area contributed by atoms with Crippen molar-refractivity contribution >= 4 is 16.6 Å². The minimum absolute atomic E-state index is 0.131. The molecule has 0 saturated carbocycles. The molecule has 23 heavy (non-hydrogen) atoms. The van der Waals surface area contributed by atoms with E-state index in [-0.39, 0.29) is 11.5 Å². The van der Waals surface area contributed by atoms with Crippen LogP contribution >= 0.6 is 0 Å². The Hall–Kier alpha value is -2.83. The molecule has 1 aromatic heterocycles. The summed E-state index contributed by atoms with van der Waals surface area (Å²) in [5.74, 6) is -0.878. The van der Waals surface area contributed by atoms with E-state index in [2.05, 4.69) is 9.72 Å². The number of halogens is 4. The topological polar surface area (TPSA) is 48.1 Å². The zero-order valence-electron chi connectivity index (χ0n) is 11.6. The Morgan fingerprint density at radius 2 is 1.74 bits per heavy atom. The summed E-state index contributed by atoms with van der Waals surface area (Å²) >= 11 is 0. The highest BCUT2D eigenvalue weighted by atomic mass is 19.4. The molecule has 3 nitrogen and oxygen atoms in total. The Labute approximate surface area is 128 Å². The van der Waals surface area contributed by atoms with Gasteiger partial charge in [-0.2, -0.15) is 0 Å². The van der Waals surface area contributed by atoms with Crippen molar-refractivity contribution in [2.75, 3.05) is 5.73 Å². The minimum atomic E-state index is -4.83. The Morgan fingerprint density at radius 1 is 0.957 bits per heavy atom. The largest absolute Gasteiger partial charge is 0.573 e. The highest BCUT2D eigenvalue weighted by Gasteiger charge is 2.32. The van der Waals surface area contributed by atoms with Gasteiger partial charge in [0.2, 0.25) is 0 Å². The molecule has 2 aromatic carbocycles. The molecule has 0 amide bonds. The maximum atomic E-state index is 13.2. The second-order valence-electron chi connectivity index (χ2n) is 4.83. The molecule has 0 bridgehead atoms. The fourth-order valence-electron chi connectivity index (χ4n) is 2.16. The number of hydrogen-bond donors (Lipinski definition) is 1. The molecule has 7 heteroatoms.